The topological polar surface area (TPSA) is 29.1 Å². The Balaban J connectivity index is 1.88. The highest BCUT2D eigenvalue weighted by Gasteiger charge is 2.23. The monoisotopic (exact) mass is 225 g/mol. The molecule has 2 aliphatic heterocycles. The molecule has 0 saturated carbocycles. The first-order valence-corrected chi connectivity index (χ1v) is 6.81. The second-order valence-electron chi connectivity index (χ2n) is 4.47. The molecule has 1 N–H and O–H groups in total. The highest BCUT2D eigenvalue weighted by atomic mass is 32.2. The zero-order valence-electron chi connectivity index (χ0n) is 9.34. The predicted octanol–water partition coefficient (Wildman–Crippen LogP) is 2.36. The minimum Gasteiger partial charge on any atom is -0.317 e. The third kappa shape index (κ3) is 2.85. The lowest BCUT2D eigenvalue weighted by atomic mass is 9.91. The minimum atomic E-state index is 0.327. The Morgan fingerprint density at radius 2 is 2.20 bits per heavy atom. The summed E-state index contributed by atoms with van der Waals surface area (Å²) < 4.78 is 0. The standard InChI is InChI=1S/C12H19NOS/c1-9-4-7-15-12(9)8-11(14)10-2-5-13-6-3-10/h10,13H,2-8H2,1H3. The minimum absolute atomic E-state index is 0.327. The number of thioether (sulfide) groups is 1. The van der Waals surface area contributed by atoms with Gasteiger partial charge in [-0.1, -0.05) is 5.57 Å². The molecule has 1 fully saturated rings. The Labute approximate surface area is 95.9 Å². The maximum absolute atomic E-state index is 12.0. The predicted molar refractivity (Wildman–Crippen MR) is 65.0 cm³/mol. The van der Waals surface area contributed by atoms with E-state index in [1.807, 2.05) is 11.8 Å². The second-order valence-corrected chi connectivity index (χ2v) is 5.66. The van der Waals surface area contributed by atoms with Gasteiger partial charge < -0.3 is 5.32 Å². The van der Waals surface area contributed by atoms with Crippen molar-refractivity contribution >= 4 is 17.5 Å². The van der Waals surface area contributed by atoms with E-state index in [1.54, 1.807) is 0 Å². The number of carbonyl (C=O) groups is 1. The lowest BCUT2D eigenvalue weighted by Gasteiger charge is -2.21. The molecule has 2 aliphatic rings. The van der Waals surface area contributed by atoms with Crippen molar-refractivity contribution in [2.75, 3.05) is 18.8 Å². The third-order valence-electron chi connectivity index (χ3n) is 3.36. The first-order valence-electron chi connectivity index (χ1n) is 5.82. The van der Waals surface area contributed by atoms with Gasteiger partial charge in [0.25, 0.3) is 0 Å². The lowest BCUT2D eigenvalue weighted by molar-refractivity contribution is -0.122. The normalized spacial score (nSPS) is 23.5. The Hall–Kier alpha value is -0.280. The summed E-state index contributed by atoms with van der Waals surface area (Å²) in [6.07, 6.45) is 3.96. The SMILES string of the molecule is CC1=C(CC(=O)C2CCNCC2)SCC1. The number of Topliss-reactive ketones (excluding diaryl/α,β-unsaturated/α-hetero) is 1. The van der Waals surface area contributed by atoms with Crippen LogP contribution in [0, 0.1) is 5.92 Å². The largest absolute Gasteiger partial charge is 0.317 e. The molecule has 0 amide bonds. The summed E-state index contributed by atoms with van der Waals surface area (Å²) in [6, 6.07) is 0. The molecule has 0 aromatic carbocycles. The number of hydrogen-bond donors (Lipinski definition) is 1. The van der Waals surface area contributed by atoms with Gasteiger partial charge in [0.2, 0.25) is 0 Å². The van der Waals surface area contributed by atoms with Crippen molar-refractivity contribution < 1.29 is 4.79 Å². The quantitative estimate of drug-likeness (QED) is 0.799. The molecule has 0 spiro atoms. The van der Waals surface area contributed by atoms with Gasteiger partial charge in [-0.3, -0.25) is 4.79 Å². The molecule has 3 heteroatoms. The number of hydrogen-bond acceptors (Lipinski definition) is 3. The van der Waals surface area contributed by atoms with Crippen LogP contribution >= 0.6 is 11.8 Å². The van der Waals surface area contributed by atoms with Crippen LogP contribution in [0.5, 0.6) is 0 Å². The molecule has 0 radical (unpaired) electrons. The number of carbonyl (C=O) groups excluding carboxylic acids is 1. The summed E-state index contributed by atoms with van der Waals surface area (Å²) in [4.78, 5) is 13.4. The zero-order chi connectivity index (χ0) is 10.7. The van der Waals surface area contributed by atoms with Crippen LogP contribution in [0.1, 0.15) is 32.6 Å². The Kier molecular flexibility index (Phi) is 3.87. The van der Waals surface area contributed by atoms with Crippen molar-refractivity contribution in [2.24, 2.45) is 5.92 Å². The highest BCUT2D eigenvalue weighted by molar-refractivity contribution is 8.03. The van der Waals surface area contributed by atoms with Gasteiger partial charge in [-0.2, -0.15) is 0 Å². The smallest absolute Gasteiger partial charge is 0.140 e. The van der Waals surface area contributed by atoms with Gasteiger partial charge in [0.05, 0.1) is 0 Å². The van der Waals surface area contributed by atoms with Crippen molar-refractivity contribution in [1.82, 2.24) is 5.32 Å². The molecular weight excluding hydrogens is 206 g/mol. The van der Waals surface area contributed by atoms with Crippen molar-refractivity contribution in [3.8, 4) is 0 Å². The molecule has 84 valence electrons. The summed E-state index contributed by atoms with van der Waals surface area (Å²) in [6.45, 7) is 4.20. The van der Waals surface area contributed by atoms with Crippen LogP contribution in [0.3, 0.4) is 0 Å². The number of ketones is 1. The van der Waals surface area contributed by atoms with Crippen LogP contribution in [-0.4, -0.2) is 24.6 Å². The summed E-state index contributed by atoms with van der Waals surface area (Å²) in [5.74, 6) is 1.98. The fraction of sp³-hybridized carbons (Fsp3) is 0.750. The molecule has 0 aliphatic carbocycles. The van der Waals surface area contributed by atoms with E-state index in [1.165, 1.54) is 22.7 Å². The maximum atomic E-state index is 12.0. The molecule has 1 saturated heterocycles. The van der Waals surface area contributed by atoms with Crippen LogP contribution in [0.25, 0.3) is 0 Å². The van der Waals surface area contributed by atoms with Crippen molar-refractivity contribution in [2.45, 2.75) is 32.6 Å². The number of allylic oxidation sites excluding steroid dienone is 2. The van der Waals surface area contributed by atoms with Gasteiger partial charge in [0, 0.05) is 18.1 Å². The summed E-state index contributed by atoms with van der Waals surface area (Å²) in [5.41, 5.74) is 1.45. The van der Waals surface area contributed by atoms with Crippen LogP contribution in [-0.2, 0) is 4.79 Å². The molecule has 2 nitrogen and oxygen atoms in total. The summed E-state index contributed by atoms with van der Waals surface area (Å²) in [7, 11) is 0. The van der Waals surface area contributed by atoms with E-state index in [0.717, 1.165) is 25.9 Å². The second kappa shape index (κ2) is 5.17. The highest BCUT2D eigenvalue weighted by Crippen LogP contribution is 2.34. The Bertz CT molecular complexity index is 279. The fourth-order valence-corrected chi connectivity index (χ4v) is 3.49. The van der Waals surface area contributed by atoms with E-state index >= 15 is 0 Å². The summed E-state index contributed by atoms with van der Waals surface area (Å²) >= 11 is 1.89. The van der Waals surface area contributed by atoms with Gasteiger partial charge in [-0.05, 0) is 44.2 Å². The van der Waals surface area contributed by atoms with Gasteiger partial charge >= 0.3 is 0 Å². The average Bonchev–Trinajstić information content (AvgIpc) is 2.66. The van der Waals surface area contributed by atoms with Gasteiger partial charge in [0.1, 0.15) is 5.78 Å². The van der Waals surface area contributed by atoms with Crippen LogP contribution in [0.4, 0.5) is 0 Å². The Morgan fingerprint density at radius 1 is 1.47 bits per heavy atom. The van der Waals surface area contributed by atoms with Gasteiger partial charge in [-0.25, -0.2) is 0 Å². The van der Waals surface area contributed by atoms with E-state index in [9.17, 15) is 4.79 Å². The molecule has 15 heavy (non-hydrogen) atoms. The van der Waals surface area contributed by atoms with E-state index in [0.29, 0.717) is 18.1 Å². The zero-order valence-corrected chi connectivity index (χ0v) is 10.2. The Morgan fingerprint density at radius 3 is 2.80 bits per heavy atom. The maximum Gasteiger partial charge on any atom is 0.140 e. The first kappa shape index (κ1) is 11.2. The van der Waals surface area contributed by atoms with Gasteiger partial charge in [0.15, 0.2) is 0 Å². The molecule has 2 rings (SSSR count). The lowest BCUT2D eigenvalue weighted by Crippen LogP contribution is -2.31. The van der Waals surface area contributed by atoms with Gasteiger partial charge in [-0.15, -0.1) is 11.8 Å². The molecule has 0 aromatic heterocycles. The molecule has 2 heterocycles. The molecule has 0 aromatic rings. The van der Waals surface area contributed by atoms with Crippen molar-refractivity contribution in [1.29, 1.82) is 0 Å². The summed E-state index contributed by atoms with van der Waals surface area (Å²) in [5, 5.41) is 3.30. The van der Waals surface area contributed by atoms with E-state index in [4.69, 9.17) is 0 Å². The first-order chi connectivity index (χ1) is 7.27. The van der Waals surface area contributed by atoms with E-state index in [-0.39, 0.29) is 0 Å². The fourth-order valence-electron chi connectivity index (χ4n) is 2.24. The third-order valence-corrected chi connectivity index (χ3v) is 4.61. The van der Waals surface area contributed by atoms with Crippen LogP contribution in [0.2, 0.25) is 0 Å². The number of nitrogens with one attached hydrogen (secondary N) is 1. The molecular formula is C12H19NOS. The molecule has 0 bridgehead atoms. The van der Waals surface area contributed by atoms with E-state index < -0.39 is 0 Å². The average molecular weight is 225 g/mol. The van der Waals surface area contributed by atoms with Crippen LogP contribution in [0.15, 0.2) is 10.5 Å². The van der Waals surface area contributed by atoms with Crippen molar-refractivity contribution in [3.05, 3.63) is 10.5 Å². The van der Waals surface area contributed by atoms with E-state index in [2.05, 4.69) is 12.2 Å². The molecule has 0 unspecified atom stereocenters. The number of rotatable bonds is 3. The molecule has 0 atom stereocenters. The number of piperidine rings is 1. The van der Waals surface area contributed by atoms with Crippen LogP contribution < -0.4 is 5.32 Å². The van der Waals surface area contributed by atoms with Crippen molar-refractivity contribution in [3.63, 3.8) is 0 Å².